The fourth-order valence-corrected chi connectivity index (χ4v) is 3.41. The molecule has 2 unspecified atom stereocenters. The van der Waals surface area contributed by atoms with Gasteiger partial charge in [-0.2, -0.15) is 0 Å². The van der Waals surface area contributed by atoms with Gasteiger partial charge in [0.1, 0.15) is 0 Å². The second kappa shape index (κ2) is 5.05. The molecule has 2 N–H and O–H groups in total. The first-order chi connectivity index (χ1) is 9.44. The quantitative estimate of drug-likeness (QED) is 0.920. The van der Waals surface area contributed by atoms with Gasteiger partial charge < -0.3 is 15.4 Å². The summed E-state index contributed by atoms with van der Waals surface area (Å²) in [6.07, 6.45) is 3.86. The maximum atomic E-state index is 6.13. The van der Waals surface area contributed by atoms with Crippen molar-refractivity contribution in [2.45, 2.75) is 57.8 Å². The van der Waals surface area contributed by atoms with Gasteiger partial charge in [-0.05, 0) is 57.2 Å². The lowest BCUT2D eigenvalue weighted by Crippen LogP contribution is -2.32. The van der Waals surface area contributed by atoms with Crippen molar-refractivity contribution in [2.75, 3.05) is 18.0 Å². The van der Waals surface area contributed by atoms with E-state index in [-0.39, 0.29) is 11.6 Å². The fourth-order valence-electron chi connectivity index (χ4n) is 3.41. The zero-order chi connectivity index (χ0) is 14.3. The Morgan fingerprint density at radius 1 is 1.45 bits per heavy atom. The Hall–Kier alpha value is -1.06. The van der Waals surface area contributed by atoms with Crippen LogP contribution in [0.2, 0.25) is 0 Å². The summed E-state index contributed by atoms with van der Waals surface area (Å²) in [5.41, 5.74) is 10.1. The van der Waals surface area contributed by atoms with Crippen molar-refractivity contribution in [3.8, 4) is 0 Å². The predicted molar refractivity (Wildman–Crippen MR) is 83.1 cm³/mol. The number of hydrogen-bond acceptors (Lipinski definition) is 3. The topological polar surface area (TPSA) is 38.5 Å². The third-order valence-electron chi connectivity index (χ3n) is 4.60. The highest BCUT2D eigenvalue weighted by Crippen LogP contribution is 2.34. The molecule has 0 spiro atoms. The predicted octanol–water partition coefficient (Wildman–Crippen LogP) is 3.03. The van der Waals surface area contributed by atoms with Crippen molar-refractivity contribution in [1.82, 2.24) is 0 Å². The van der Waals surface area contributed by atoms with Crippen molar-refractivity contribution >= 4 is 5.69 Å². The van der Waals surface area contributed by atoms with Gasteiger partial charge in [0.25, 0.3) is 0 Å². The van der Waals surface area contributed by atoms with E-state index in [0.717, 1.165) is 19.5 Å². The minimum Gasteiger partial charge on any atom is -0.371 e. The van der Waals surface area contributed by atoms with Gasteiger partial charge in [-0.3, -0.25) is 0 Å². The Labute approximate surface area is 122 Å². The molecule has 2 aliphatic heterocycles. The zero-order valence-electron chi connectivity index (χ0n) is 12.9. The van der Waals surface area contributed by atoms with Crippen molar-refractivity contribution in [1.29, 1.82) is 0 Å². The highest BCUT2D eigenvalue weighted by Gasteiger charge is 2.33. The first-order valence-corrected chi connectivity index (χ1v) is 7.76. The molecule has 0 bridgehead atoms. The highest BCUT2D eigenvalue weighted by molar-refractivity contribution is 5.59. The van der Waals surface area contributed by atoms with Gasteiger partial charge >= 0.3 is 0 Å². The van der Waals surface area contributed by atoms with Crippen molar-refractivity contribution in [2.24, 2.45) is 5.73 Å². The van der Waals surface area contributed by atoms with Crippen LogP contribution in [0.5, 0.6) is 0 Å². The van der Waals surface area contributed by atoms with Crippen LogP contribution < -0.4 is 10.6 Å². The zero-order valence-corrected chi connectivity index (χ0v) is 12.9. The van der Waals surface area contributed by atoms with Crippen LogP contribution in [0.3, 0.4) is 0 Å². The minimum absolute atomic E-state index is 0.0616. The van der Waals surface area contributed by atoms with Crippen LogP contribution >= 0.6 is 0 Å². The fraction of sp³-hybridized carbons (Fsp3) is 0.647. The van der Waals surface area contributed by atoms with E-state index in [1.807, 2.05) is 6.92 Å². The molecule has 1 aromatic carbocycles. The monoisotopic (exact) mass is 274 g/mol. The van der Waals surface area contributed by atoms with Crippen LogP contribution in [0, 0.1) is 0 Å². The van der Waals surface area contributed by atoms with Gasteiger partial charge in [0.15, 0.2) is 0 Å². The molecule has 2 aliphatic rings. The maximum Gasteiger partial charge on any atom is 0.0758 e. The Balaban J connectivity index is 1.70. The second-order valence-electron chi connectivity index (χ2n) is 6.91. The van der Waals surface area contributed by atoms with E-state index < -0.39 is 0 Å². The molecule has 1 saturated heterocycles. The number of hydrogen-bond donors (Lipinski definition) is 1. The molecule has 0 aromatic heterocycles. The summed E-state index contributed by atoms with van der Waals surface area (Å²) in [7, 11) is 0. The maximum absolute atomic E-state index is 6.13. The van der Waals surface area contributed by atoms with E-state index in [1.165, 1.54) is 29.7 Å². The number of nitrogens with zero attached hydrogens (tertiary/aromatic N) is 1. The number of anilines is 1. The number of benzene rings is 1. The lowest BCUT2D eigenvalue weighted by molar-refractivity contribution is -0.0114. The van der Waals surface area contributed by atoms with Crippen LogP contribution in [-0.2, 0) is 11.2 Å². The summed E-state index contributed by atoms with van der Waals surface area (Å²) < 4.78 is 6.13. The normalized spacial score (nSPS) is 25.8. The molecule has 2 heterocycles. The summed E-state index contributed by atoms with van der Waals surface area (Å²) >= 11 is 0. The lowest BCUT2D eigenvalue weighted by atomic mass is 10.0. The average Bonchev–Trinajstić information content (AvgIpc) is 2.93. The average molecular weight is 274 g/mol. The van der Waals surface area contributed by atoms with Crippen LogP contribution in [0.25, 0.3) is 0 Å². The SMILES string of the molecule is CC(N)c1ccc2c(c1)CCN2CC1CCC(C)(C)O1. The second-order valence-corrected chi connectivity index (χ2v) is 6.91. The summed E-state index contributed by atoms with van der Waals surface area (Å²) in [5, 5.41) is 0. The van der Waals surface area contributed by atoms with E-state index in [0.29, 0.717) is 6.10 Å². The highest BCUT2D eigenvalue weighted by atomic mass is 16.5. The Morgan fingerprint density at radius 3 is 2.90 bits per heavy atom. The van der Waals surface area contributed by atoms with Crippen molar-refractivity contribution < 1.29 is 4.74 Å². The number of rotatable bonds is 3. The minimum atomic E-state index is 0.0616. The van der Waals surface area contributed by atoms with Gasteiger partial charge in [-0.1, -0.05) is 12.1 Å². The van der Waals surface area contributed by atoms with Crippen LogP contribution in [0.1, 0.15) is 50.8 Å². The lowest BCUT2D eigenvalue weighted by Gasteiger charge is -2.25. The number of fused-ring (bicyclic) bond motifs is 1. The first kappa shape index (κ1) is 13.9. The van der Waals surface area contributed by atoms with Gasteiger partial charge in [-0.25, -0.2) is 0 Å². The molecule has 0 saturated carbocycles. The van der Waals surface area contributed by atoms with E-state index in [4.69, 9.17) is 10.5 Å². The largest absolute Gasteiger partial charge is 0.371 e. The van der Waals surface area contributed by atoms with E-state index >= 15 is 0 Å². The Bertz CT molecular complexity index is 496. The van der Waals surface area contributed by atoms with E-state index in [1.54, 1.807) is 0 Å². The molecular formula is C17H26N2O. The Kier molecular flexibility index (Phi) is 3.51. The molecule has 0 aliphatic carbocycles. The van der Waals surface area contributed by atoms with E-state index in [2.05, 4.69) is 36.9 Å². The molecule has 20 heavy (non-hydrogen) atoms. The molecule has 0 radical (unpaired) electrons. The number of nitrogens with two attached hydrogens (primary N) is 1. The van der Waals surface area contributed by atoms with Crippen molar-refractivity contribution in [3.63, 3.8) is 0 Å². The molecule has 1 aromatic rings. The van der Waals surface area contributed by atoms with Gasteiger partial charge in [0.2, 0.25) is 0 Å². The molecule has 110 valence electrons. The molecule has 3 rings (SSSR count). The summed E-state index contributed by atoms with van der Waals surface area (Å²) in [4.78, 5) is 2.48. The van der Waals surface area contributed by atoms with Crippen LogP contribution in [0.15, 0.2) is 18.2 Å². The number of ether oxygens (including phenoxy) is 1. The summed E-state index contributed by atoms with van der Waals surface area (Å²) in [5.74, 6) is 0. The first-order valence-electron chi connectivity index (χ1n) is 7.76. The van der Waals surface area contributed by atoms with Crippen molar-refractivity contribution in [3.05, 3.63) is 29.3 Å². The molecule has 0 amide bonds. The molecule has 2 atom stereocenters. The smallest absolute Gasteiger partial charge is 0.0758 e. The van der Waals surface area contributed by atoms with Crippen LogP contribution in [-0.4, -0.2) is 24.8 Å². The third kappa shape index (κ3) is 2.70. The Morgan fingerprint density at radius 2 is 2.25 bits per heavy atom. The summed E-state index contributed by atoms with van der Waals surface area (Å²) in [6, 6.07) is 6.80. The van der Waals surface area contributed by atoms with Gasteiger partial charge in [0.05, 0.1) is 11.7 Å². The molecule has 3 nitrogen and oxygen atoms in total. The summed E-state index contributed by atoms with van der Waals surface area (Å²) in [6.45, 7) is 8.56. The third-order valence-corrected chi connectivity index (χ3v) is 4.60. The standard InChI is InChI=1S/C17H26N2O/c1-12(18)13-4-5-16-14(10-13)7-9-19(16)11-15-6-8-17(2,3)20-15/h4-5,10,12,15H,6-9,11,18H2,1-3H3. The van der Waals surface area contributed by atoms with E-state index in [9.17, 15) is 0 Å². The molecule has 1 fully saturated rings. The van der Waals surface area contributed by atoms with Gasteiger partial charge in [0, 0.05) is 24.8 Å². The molecule has 3 heteroatoms. The van der Waals surface area contributed by atoms with Crippen LogP contribution in [0.4, 0.5) is 5.69 Å². The van der Waals surface area contributed by atoms with Gasteiger partial charge in [-0.15, -0.1) is 0 Å². The molecular weight excluding hydrogens is 248 g/mol.